The number of carbonyl (C=O) groups is 2. The molecule has 0 saturated carbocycles. The van der Waals surface area contributed by atoms with Gasteiger partial charge in [-0.1, -0.05) is 18.2 Å². The molecule has 10 heteroatoms. The first-order valence-corrected chi connectivity index (χ1v) is 11.2. The summed E-state index contributed by atoms with van der Waals surface area (Å²) >= 11 is 1.35. The molecule has 1 atom stereocenters. The Hall–Kier alpha value is -2.30. The minimum Gasteiger partial charge on any atom is -0.347 e. The summed E-state index contributed by atoms with van der Waals surface area (Å²) in [4.78, 5) is 29.6. The number of rotatable bonds is 6. The average molecular weight is 423 g/mol. The number of hydrogen-bond donors (Lipinski definition) is 2. The summed E-state index contributed by atoms with van der Waals surface area (Å²) in [6.45, 7) is 2.19. The second-order valence-electron chi connectivity index (χ2n) is 6.56. The van der Waals surface area contributed by atoms with Crippen molar-refractivity contribution in [3.8, 4) is 0 Å². The number of nitrogens with one attached hydrogen (secondary N) is 2. The van der Waals surface area contributed by atoms with Crippen molar-refractivity contribution in [2.45, 2.75) is 24.7 Å². The fraction of sp³-hybridized carbons (Fsp3) is 0.389. The molecular formula is C18H22N4O4S2. The third-order valence-corrected chi connectivity index (χ3v) is 7.13. The van der Waals surface area contributed by atoms with Gasteiger partial charge in [-0.15, -0.1) is 11.3 Å². The van der Waals surface area contributed by atoms with Crippen molar-refractivity contribution in [1.82, 2.24) is 14.6 Å². The van der Waals surface area contributed by atoms with E-state index in [1.165, 1.54) is 15.6 Å². The molecule has 2 N–H and O–H groups in total. The molecule has 1 saturated heterocycles. The van der Waals surface area contributed by atoms with E-state index in [9.17, 15) is 18.0 Å². The summed E-state index contributed by atoms with van der Waals surface area (Å²) in [6, 6.07) is 8.18. The zero-order valence-electron chi connectivity index (χ0n) is 15.4. The Morgan fingerprint density at radius 3 is 2.71 bits per heavy atom. The van der Waals surface area contributed by atoms with Crippen LogP contribution in [0, 0.1) is 12.8 Å². The Labute approximate surface area is 168 Å². The number of piperidine rings is 1. The maximum atomic E-state index is 12.8. The molecule has 150 valence electrons. The molecule has 1 fully saturated rings. The Morgan fingerprint density at radius 1 is 1.29 bits per heavy atom. The van der Waals surface area contributed by atoms with Crippen molar-refractivity contribution in [3.05, 3.63) is 41.4 Å². The van der Waals surface area contributed by atoms with E-state index in [1.807, 2.05) is 6.92 Å². The molecule has 3 rings (SSSR count). The van der Waals surface area contributed by atoms with Crippen molar-refractivity contribution >= 4 is 38.3 Å². The lowest BCUT2D eigenvalue weighted by molar-refractivity contribution is -0.128. The average Bonchev–Trinajstić information content (AvgIpc) is 3.11. The van der Waals surface area contributed by atoms with Gasteiger partial charge in [-0.05, 0) is 31.9 Å². The molecule has 1 aromatic heterocycles. The van der Waals surface area contributed by atoms with E-state index >= 15 is 0 Å². The van der Waals surface area contributed by atoms with Gasteiger partial charge in [0.1, 0.15) is 0 Å². The second kappa shape index (κ2) is 8.80. The van der Waals surface area contributed by atoms with Gasteiger partial charge in [0.05, 0.1) is 17.4 Å². The number of carbonyl (C=O) groups excluding carboxylic acids is 2. The van der Waals surface area contributed by atoms with Gasteiger partial charge < -0.3 is 10.6 Å². The Balaban J connectivity index is 1.55. The van der Waals surface area contributed by atoms with Crippen LogP contribution in [-0.2, 0) is 19.6 Å². The van der Waals surface area contributed by atoms with Gasteiger partial charge in [0.15, 0.2) is 5.13 Å². The first-order chi connectivity index (χ1) is 13.4. The molecule has 2 heterocycles. The quantitative estimate of drug-likeness (QED) is 0.735. The van der Waals surface area contributed by atoms with Crippen molar-refractivity contribution in [1.29, 1.82) is 0 Å². The van der Waals surface area contributed by atoms with Gasteiger partial charge in [0.25, 0.3) is 0 Å². The molecule has 0 unspecified atom stereocenters. The first-order valence-electron chi connectivity index (χ1n) is 8.91. The van der Waals surface area contributed by atoms with Crippen LogP contribution in [0.1, 0.15) is 17.7 Å². The van der Waals surface area contributed by atoms with Gasteiger partial charge in [-0.2, -0.15) is 4.31 Å². The summed E-state index contributed by atoms with van der Waals surface area (Å²) in [6.07, 6.45) is 2.83. The third-order valence-electron chi connectivity index (χ3n) is 4.43. The minimum atomic E-state index is -3.63. The van der Waals surface area contributed by atoms with Gasteiger partial charge in [-0.3, -0.25) is 9.59 Å². The summed E-state index contributed by atoms with van der Waals surface area (Å²) in [5.41, 5.74) is 0. The van der Waals surface area contributed by atoms with Crippen LogP contribution in [0.25, 0.3) is 0 Å². The van der Waals surface area contributed by atoms with Crippen molar-refractivity contribution < 1.29 is 18.0 Å². The number of aryl methyl sites for hydroxylation is 1. The molecule has 1 aliphatic heterocycles. The highest BCUT2D eigenvalue weighted by Crippen LogP contribution is 2.23. The van der Waals surface area contributed by atoms with Crippen LogP contribution in [0.3, 0.4) is 0 Å². The van der Waals surface area contributed by atoms with Crippen LogP contribution < -0.4 is 10.6 Å². The predicted molar refractivity (Wildman–Crippen MR) is 106 cm³/mol. The van der Waals surface area contributed by atoms with Crippen LogP contribution in [-0.4, -0.2) is 49.2 Å². The molecule has 1 aliphatic rings. The number of anilines is 1. The zero-order chi connectivity index (χ0) is 20.1. The SMILES string of the molecule is Cc1cnc(NC(=O)CNC(=O)[C@@H]2CCCN(S(=O)(=O)c3ccccc3)C2)s1. The number of aromatic nitrogens is 1. The normalized spacial score (nSPS) is 17.8. The van der Waals surface area contributed by atoms with E-state index in [0.29, 0.717) is 24.5 Å². The first kappa shape index (κ1) is 20.4. The molecule has 0 spiro atoms. The highest BCUT2D eigenvalue weighted by molar-refractivity contribution is 7.89. The molecule has 2 amide bonds. The smallest absolute Gasteiger partial charge is 0.245 e. The van der Waals surface area contributed by atoms with E-state index in [4.69, 9.17) is 0 Å². The summed E-state index contributed by atoms with van der Waals surface area (Å²) < 4.78 is 26.8. The number of benzene rings is 1. The Morgan fingerprint density at radius 2 is 2.04 bits per heavy atom. The number of sulfonamides is 1. The van der Waals surface area contributed by atoms with Gasteiger partial charge in [0.2, 0.25) is 21.8 Å². The fourth-order valence-corrected chi connectivity index (χ4v) is 5.23. The minimum absolute atomic E-state index is 0.107. The molecule has 0 aliphatic carbocycles. The lowest BCUT2D eigenvalue weighted by Gasteiger charge is -2.31. The highest BCUT2D eigenvalue weighted by atomic mass is 32.2. The molecule has 8 nitrogen and oxygen atoms in total. The Bertz CT molecular complexity index is 944. The van der Waals surface area contributed by atoms with Crippen LogP contribution in [0.2, 0.25) is 0 Å². The zero-order valence-corrected chi connectivity index (χ0v) is 17.1. The van der Waals surface area contributed by atoms with Crippen LogP contribution in [0.5, 0.6) is 0 Å². The van der Waals surface area contributed by atoms with E-state index in [0.717, 1.165) is 4.88 Å². The van der Waals surface area contributed by atoms with Crippen LogP contribution >= 0.6 is 11.3 Å². The van der Waals surface area contributed by atoms with Crippen molar-refractivity contribution in [2.75, 3.05) is 25.0 Å². The fourth-order valence-electron chi connectivity index (χ4n) is 3.00. The molecular weight excluding hydrogens is 400 g/mol. The molecule has 1 aromatic carbocycles. The number of hydrogen-bond acceptors (Lipinski definition) is 6. The lowest BCUT2D eigenvalue weighted by Crippen LogP contribution is -2.46. The summed E-state index contributed by atoms with van der Waals surface area (Å²) in [5.74, 6) is -1.17. The van der Waals surface area contributed by atoms with Gasteiger partial charge in [0, 0.05) is 24.2 Å². The van der Waals surface area contributed by atoms with Crippen LogP contribution in [0.4, 0.5) is 5.13 Å². The highest BCUT2D eigenvalue weighted by Gasteiger charge is 2.33. The second-order valence-corrected chi connectivity index (χ2v) is 9.73. The van der Waals surface area contributed by atoms with Crippen molar-refractivity contribution in [2.24, 2.45) is 5.92 Å². The molecule has 28 heavy (non-hydrogen) atoms. The molecule has 0 radical (unpaired) electrons. The number of amides is 2. The van der Waals surface area contributed by atoms with E-state index in [1.54, 1.807) is 36.5 Å². The van der Waals surface area contributed by atoms with Crippen molar-refractivity contribution in [3.63, 3.8) is 0 Å². The topological polar surface area (TPSA) is 108 Å². The largest absolute Gasteiger partial charge is 0.347 e. The third kappa shape index (κ3) is 4.94. The molecule has 0 bridgehead atoms. The monoisotopic (exact) mass is 422 g/mol. The molecule has 2 aromatic rings. The predicted octanol–water partition coefficient (Wildman–Crippen LogP) is 1.61. The van der Waals surface area contributed by atoms with Crippen LogP contribution in [0.15, 0.2) is 41.4 Å². The summed E-state index contributed by atoms with van der Waals surface area (Å²) in [7, 11) is -3.63. The van der Waals surface area contributed by atoms with Gasteiger partial charge >= 0.3 is 0 Å². The van der Waals surface area contributed by atoms with E-state index < -0.39 is 15.9 Å². The maximum absolute atomic E-state index is 12.8. The summed E-state index contributed by atoms with van der Waals surface area (Å²) in [5, 5.41) is 5.70. The lowest BCUT2D eigenvalue weighted by atomic mass is 9.99. The number of nitrogens with zero attached hydrogens (tertiary/aromatic N) is 2. The van der Waals surface area contributed by atoms with E-state index in [2.05, 4.69) is 15.6 Å². The maximum Gasteiger partial charge on any atom is 0.245 e. The number of thiazole rings is 1. The standard InChI is InChI=1S/C18H22N4O4S2/c1-13-10-20-18(27-13)21-16(23)11-19-17(24)14-6-5-9-22(12-14)28(25,26)15-7-3-2-4-8-15/h2-4,7-8,10,14H,5-6,9,11-12H2,1H3,(H,19,24)(H,20,21,23)/t14-/m1/s1. The van der Waals surface area contributed by atoms with Gasteiger partial charge in [-0.25, -0.2) is 13.4 Å². The Kier molecular flexibility index (Phi) is 6.42. The van der Waals surface area contributed by atoms with E-state index in [-0.39, 0.29) is 29.8 Å².